The van der Waals surface area contributed by atoms with E-state index in [1.54, 1.807) is 11.0 Å². The van der Waals surface area contributed by atoms with Crippen molar-refractivity contribution in [3.05, 3.63) is 54.1 Å². The summed E-state index contributed by atoms with van der Waals surface area (Å²) < 4.78 is 11.9. The van der Waals surface area contributed by atoms with Crippen LogP contribution in [-0.4, -0.2) is 49.8 Å². The third-order valence-corrected chi connectivity index (χ3v) is 5.61. The van der Waals surface area contributed by atoms with Gasteiger partial charge in [-0.05, 0) is 38.7 Å². The van der Waals surface area contributed by atoms with Gasteiger partial charge >= 0.3 is 0 Å². The normalized spacial score (nSPS) is 12.9. The second-order valence-electron chi connectivity index (χ2n) is 7.06. The number of amides is 1. The lowest BCUT2D eigenvalue weighted by molar-refractivity contribution is -0.114. The van der Waals surface area contributed by atoms with E-state index in [-0.39, 0.29) is 12.7 Å². The topological polar surface area (TPSA) is 54.9 Å². The molecule has 1 aliphatic rings. The minimum absolute atomic E-state index is 0.0771. The van der Waals surface area contributed by atoms with Crippen LogP contribution in [0.1, 0.15) is 12.0 Å². The highest BCUT2D eigenvalue weighted by molar-refractivity contribution is 7.22. The molecule has 0 atom stereocenters. The largest absolute Gasteiger partial charge is 0.454 e. The Bertz CT molecular complexity index is 989. The molecule has 7 heteroatoms. The Labute approximate surface area is 174 Å². The zero-order chi connectivity index (χ0) is 20.2. The summed E-state index contributed by atoms with van der Waals surface area (Å²) in [6, 6.07) is 13.6. The molecule has 0 saturated carbocycles. The van der Waals surface area contributed by atoms with Gasteiger partial charge in [-0.2, -0.15) is 0 Å². The van der Waals surface area contributed by atoms with Gasteiger partial charge in [0.25, 0.3) is 5.91 Å². The van der Waals surface area contributed by atoms with E-state index in [2.05, 4.69) is 4.90 Å². The quantitative estimate of drug-likeness (QED) is 0.552. The van der Waals surface area contributed by atoms with Crippen LogP contribution in [-0.2, 0) is 4.79 Å². The fourth-order valence-electron chi connectivity index (χ4n) is 3.09. The van der Waals surface area contributed by atoms with Crippen molar-refractivity contribution in [1.29, 1.82) is 0 Å². The third kappa shape index (κ3) is 4.58. The SMILES string of the molecule is CN(C)CCCN(C(=O)C=Cc1ccccc1)c1nc2cc3c(cc2s1)OCO3. The van der Waals surface area contributed by atoms with Gasteiger partial charge in [0.2, 0.25) is 6.79 Å². The van der Waals surface area contributed by atoms with Gasteiger partial charge in [0.15, 0.2) is 16.6 Å². The predicted molar refractivity (Wildman–Crippen MR) is 117 cm³/mol. The average molecular weight is 410 g/mol. The molecule has 0 radical (unpaired) electrons. The van der Waals surface area contributed by atoms with E-state index in [0.717, 1.165) is 34.5 Å². The first-order chi connectivity index (χ1) is 14.1. The number of carbonyl (C=O) groups is 1. The van der Waals surface area contributed by atoms with Crippen LogP contribution in [0, 0.1) is 0 Å². The van der Waals surface area contributed by atoms with E-state index in [1.807, 2.05) is 62.6 Å². The molecule has 29 heavy (non-hydrogen) atoms. The summed E-state index contributed by atoms with van der Waals surface area (Å²) in [7, 11) is 4.06. The predicted octanol–water partition coefficient (Wildman–Crippen LogP) is 4.02. The lowest BCUT2D eigenvalue weighted by Gasteiger charge is -2.19. The molecule has 0 saturated heterocycles. The van der Waals surface area contributed by atoms with Crippen LogP contribution in [0.3, 0.4) is 0 Å². The Morgan fingerprint density at radius 1 is 1.14 bits per heavy atom. The molecule has 0 spiro atoms. The maximum absolute atomic E-state index is 13.0. The lowest BCUT2D eigenvalue weighted by Crippen LogP contribution is -2.32. The highest BCUT2D eigenvalue weighted by Gasteiger charge is 2.21. The summed E-state index contributed by atoms with van der Waals surface area (Å²) in [5.74, 6) is 1.35. The molecule has 0 bridgehead atoms. The van der Waals surface area contributed by atoms with Gasteiger partial charge in [-0.25, -0.2) is 4.98 Å². The second-order valence-corrected chi connectivity index (χ2v) is 8.07. The van der Waals surface area contributed by atoms with Crippen molar-refractivity contribution in [1.82, 2.24) is 9.88 Å². The van der Waals surface area contributed by atoms with Crippen molar-refractivity contribution >= 4 is 38.7 Å². The number of aromatic nitrogens is 1. The van der Waals surface area contributed by atoms with Gasteiger partial charge in [0, 0.05) is 24.8 Å². The summed E-state index contributed by atoms with van der Waals surface area (Å²) in [6.07, 6.45) is 4.31. The highest BCUT2D eigenvalue weighted by atomic mass is 32.1. The molecular weight excluding hydrogens is 386 g/mol. The first kappa shape index (κ1) is 19.4. The zero-order valence-corrected chi connectivity index (χ0v) is 17.3. The summed E-state index contributed by atoms with van der Waals surface area (Å²) in [5, 5.41) is 0.685. The van der Waals surface area contributed by atoms with Gasteiger partial charge in [-0.15, -0.1) is 0 Å². The molecule has 0 aliphatic carbocycles. The Morgan fingerprint density at radius 2 is 1.90 bits per heavy atom. The van der Waals surface area contributed by atoms with E-state index in [1.165, 1.54) is 11.3 Å². The van der Waals surface area contributed by atoms with E-state index in [4.69, 9.17) is 14.5 Å². The van der Waals surface area contributed by atoms with Crippen molar-refractivity contribution in [3.63, 3.8) is 0 Å². The van der Waals surface area contributed by atoms with Crippen molar-refractivity contribution in [3.8, 4) is 11.5 Å². The second kappa shape index (κ2) is 8.63. The van der Waals surface area contributed by atoms with Crippen molar-refractivity contribution < 1.29 is 14.3 Å². The molecule has 0 fully saturated rings. The van der Waals surface area contributed by atoms with Crippen LogP contribution in [0.4, 0.5) is 5.13 Å². The van der Waals surface area contributed by atoms with Gasteiger partial charge in [-0.1, -0.05) is 41.7 Å². The molecule has 3 aromatic rings. The average Bonchev–Trinajstić information content (AvgIpc) is 3.33. The van der Waals surface area contributed by atoms with Crippen LogP contribution in [0.15, 0.2) is 48.5 Å². The van der Waals surface area contributed by atoms with Crippen molar-refractivity contribution in [2.45, 2.75) is 6.42 Å². The minimum Gasteiger partial charge on any atom is -0.454 e. The number of anilines is 1. The van der Waals surface area contributed by atoms with E-state index >= 15 is 0 Å². The maximum Gasteiger partial charge on any atom is 0.252 e. The summed E-state index contributed by atoms with van der Waals surface area (Å²) in [5.41, 5.74) is 1.80. The number of thiazole rings is 1. The molecule has 1 aliphatic heterocycles. The van der Waals surface area contributed by atoms with E-state index in [0.29, 0.717) is 17.4 Å². The Kier molecular flexibility index (Phi) is 5.78. The van der Waals surface area contributed by atoms with E-state index < -0.39 is 0 Å². The molecule has 4 rings (SSSR count). The molecular formula is C22H23N3O3S. The number of rotatable bonds is 7. The van der Waals surface area contributed by atoms with Gasteiger partial charge in [-0.3, -0.25) is 9.69 Å². The number of hydrogen-bond donors (Lipinski definition) is 0. The summed E-state index contributed by atoms with van der Waals surface area (Å²) >= 11 is 1.49. The lowest BCUT2D eigenvalue weighted by atomic mass is 10.2. The van der Waals surface area contributed by atoms with Gasteiger partial charge < -0.3 is 14.4 Å². The molecule has 2 aromatic carbocycles. The van der Waals surface area contributed by atoms with Crippen LogP contribution in [0.25, 0.3) is 16.3 Å². The standard InChI is InChI=1S/C22H23N3O3S/c1-24(2)11-6-12-25(21(26)10-9-16-7-4-3-5-8-16)22-23-17-13-18-19(28-15-27-18)14-20(17)29-22/h3-5,7-10,13-14H,6,11-12,15H2,1-2H3. The Morgan fingerprint density at radius 3 is 2.66 bits per heavy atom. The number of nitrogens with zero attached hydrogens (tertiary/aromatic N) is 3. The number of benzene rings is 2. The van der Waals surface area contributed by atoms with Crippen molar-refractivity contribution in [2.24, 2.45) is 0 Å². The van der Waals surface area contributed by atoms with Crippen LogP contribution in [0.5, 0.6) is 11.5 Å². The molecule has 1 aromatic heterocycles. The molecule has 2 heterocycles. The first-order valence-electron chi connectivity index (χ1n) is 9.50. The van der Waals surface area contributed by atoms with Crippen molar-refractivity contribution in [2.75, 3.05) is 38.9 Å². The smallest absolute Gasteiger partial charge is 0.252 e. The minimum atomic E-state index is -0.0771. The number of fused-ring (bicyclic) bond motifs is 2. The summed E-state index contributed by atoms with van der Waals surface area (Å²) in [6.45, 7) is 1.73. The fraction of sp³-hybridized carbons (Fsp3) is 0.273. The summed E-state index contributed by atoms with van der Waals surface area (Å²) in [4.78, 5) is 21.6. The molecule has 0 N–H and O–H groups in total. The Hall–Kier alpha value is -2.90. The molecule has 150 valence electrons. The zero-order valence-electron chi connectivity index (χ0n) is 16.5. The molecule has 6 nitrogen and oxygen atoms in total. The Balaban J connectivity index is 1.60. The van der Waals surface area contributed by atoms with Gasteiger partial charge in [0.05, 0.1) is 10.2 Å². The van der Waals surface area contributed by atoms with E-state index in [9.17, 15) is 4.79 Å². The molecule has 0 unspecified atom stereocenters. The number of hydrogen-bond acceptors (Lipinski definition) is 6. The fourth-order valence-corrected chi connectivity index (χ4v) is 4.10. The maximum atomic E-state index is 13.0. The van der Waals surface area contributed by atoms with Gasteiger partial charge in [0.1, 0.15) is 0 Å². The van der Waals surface area contributed by atoms with Crippen LogP contribution >= 0.6 is 11.3 Å². The monoisotopic (exact) mass is 409 g/mol. The molecule has 1 amide bonds. The number of ether oxygens (including phenoxy) is 2. The third-order valence-electron chi connectivity index (χ3n) is 4.57. The first-order valence-corrected chi connectivity index (χ1v) is 10.3. The van der Waals surface area contributed by atoms with Crippen LogP contribution < -0.4 is 14.4 Å². The number of carbonyl (C=O) groups excluding carboxylic acids is 1. The van der Waals surface area contributed by atoms with Crippen LogP contribution in [0.2, 0.25) is 0 Å². The highest BCUT2D eigenvalue weighted by Crippen LogP contribution is 2.39.